The van der Waals surface area contributed by atoms with Gasteiger partial charge >= 0.3 is 0 Å². The standard InChI is InChI=1S/C21H19N3O2/c1-26-20-7-4-18(5-8-20)16-24(19-10-13-22-14-11-19)21(25)9-6-17-3-2-12-23-15-17/h2-15H,16H2,1H3/b9-6+. The Hall–Kier alpha value is -3.47. The number of ether oxygens (including phenoxy) is 1. The van der Waals surface area contributed by atoms with Gasteiger partial charge in [-0.2, -0.15) is 0 Å². The van der Waals surface area contributed by atoms with Gasteiger partial charge in [-0.3, -0.25) is 14.8 Å². The monoisotopic (exact) mass is 345 g/mol. The van der Waals surface area contributed by atoms with Crippen LogP contribution >= 0.6 is 0 Å². The highest BCUT2D eigenvalue weighted by Gasteiger charge is 2.14. The Morgan fingerprint density at radius 3 is 2.46 bits per heavy atom. The number of pyridine rings is 2. The summed E-state index contributed by atoms with van der Waals surface area (Å²) in [7, 11) is 1.63. The van der Waals surface area contributed by atoms with E-state index in [2.05, 4.69) is 9.97 Å². The molecule has 2 aromatic heterocycles. The van der Waals surface area contributed by atoms with E-state index in [9.17, 15) is 4.79 Å². The number of aromatic nitrogens is 2. The normalized spacial score (nSPS) is 10.7. The highest BCUT2D eigenvalue weighted by Crippen LogP contribution is 2.19. The van der Waals surface area contributed by atoms with Crippen LogP contribution in [0.4, 0.5) is 5.69 Å². The summed E-state index contributed by atoms with van der Waals surface area (Å²) in [4.78, 5) is 22.6. The Kier molecular flexibility index (Phi) is 5.72. The number of hydrogen-bond donors (Lipinski definition) is 0. The molecule has 0 fully saturated rings. The fourth-order valence-electron chi connectivity index (χ4n) is 2.47. The smallest absolute Gasteiger partial charge is 0.251 e. The predicted octanol–water partition coefficient (Wildman–Crippen LogP) is 3.73. The molecule has 0 atom stereocenters. The van der Waals surface area contributed by atoms with E-state index in [0.29, 0.717) is 6.54 Å². The van der Waals surface area contributed by atoms with E-state index < -0.39 is 0 Å². The lowest BCUT2D eigenvalue weighted by atomic mass is 10.2. The molecule has 0 saturated heterocycles. The zero-order valence-corrected chi connectivity index (χ0v) is 14.4. The minimum absolute atomic E-state index is 0.115. The molecule has 26 heavy (non-hydrogen) atoms. The molecule has 0 bridgehead atoms. The van der Waals surface area contributed by atoms with Gasteiger partial charge in [-0.1, -0.05) is 18.2 Å². The summed E-state index contributed by atoms with van der Waals surface area (Å²) in [6.07, 6.45) is 10.1. The van der Waals surface area contributed by atoms with E-state index >= 15 is 0 Å². The first-order chi connectivity index (χ1) is 12.8. The number of anilines is 1. The Morgan fingerprint density at radius 1 is 1.04 bits per heavy atom. The van der Waals surface area contributed by atoms with E-state index in [4.69, 9.17) is 4.74 Å². The van der Waals surface area contributed by atoms with Crippen molar-refractivity contribution in [1.29, 1.82) is 0 Å². The van der Waals surface area contributed by atoms with Gasteiger partial charge < -0.3 is 9.64 Å². The van der Waals surface area contributed by atoms with Crippen molar-refractivity contribution in [2.75, 3.05) is 12.0 Å². The van der Waals surface area contributed by atoms with Gasteiger partial charge in [-0.25, -0.2) is 0 Å². The lowest BCUT2D eigenvalue weighted by molar-refractivity contribution is -0.114. The summed E-state index contributed by atoms with van der Waals surface area (Å²) >= 11 is 0. The van der Waals surface area contributed by atoms with E-state index in [1.165, 1.54) is 0 Å². The van der Waals surface area contributed by atoms with Crippen LogP contribution in [0.2, 0.25) is 0 Å². The number of carbonyl (C=O) groups is 1. The Bertz CT molecular complexity index is 863. The van der Waals surface area contributed by atoms with E-state index in [1.54, 1.807) is 48.9 Å². The van der Waals surface area contributed by atoms with E-state index in [0.717, 1.165) is 22.6 Å². The highest BCUT2D eigenvalue weighted by molar-refractivity contribution is 6.03. The zero-order valence-electron chi connectivity index (χ0n) is 14.4. The minimum Gasteiger partial charge on any atom is -0.497 e. The van der Waals surface area contributed by atoms with Crippen LogP contribution in [-0.2, 0) is 11.3 Å². The average Bonchev–Trinajstić information content (AvgIpc) is 2.72. The van der Waals surface area contributed by atoms with E-state index in [-0.39, 0.29) is 5.91 Å². The number of amides is 1. The topological polar surface area (TPSA) is 55.3 Å². The third-order valence-electron chi connectivity index (χ3n) is 3.84. The molecule has 5 nitrogen and oxygen atoms in total. The largest absolute Gasteiger partial charge is 0.497 e. The molecule has 2 heterocycles. The van der Waals surface area contributed by atoms with Gasteiger partial charge in [0.2, 0.25) is 0 Å². The van der Waals surface area contributed by atoms with Crippen molar-refractivity contribution >= 4 is 17.7 Å². The zero-order chi connectivity index (χ0) is 18.2. The Labute approximate surface area is 152 Å². The third kappa shape index (κ3) is 4.54. The number of rotatable bonds is 6. The number of methoxy groups -OCH3 is 1. The molecule has 0 N–H and O–H groups in total. The maximum atomic E-state index is 12.8. The summed E-state index contributed by atoms with van der Waals surface area (Å²) < 4.78 is 5.19. The molecule has 3 rings (SSSR count). The van der Waals surface area contributed by atoms with Gasteiger partial charge in [0, 0.05) is 36.6 Å². The van der Waals surface area contributed by atoms with Crippen molar-refractivity contribution in [2.45, 2.75) is 6.54 Å². The molecular weight excluding hydrogens is 326 g/mol. The number of hydrogen-bond acceptors (Lipinski definition) is 4. The second kappa shape index (κ2) is 8.58. The van der Waals surface area contributed by atoms with Crippen LogP contribution < -0.4 is 9.64 Å². The van der Waals surface area contributed by atoms with Crippen LogP contribution in [-0.4, -0.2) is 23.0 Å². The molecule has 1 aromatic carbocycles. The Balaban J connectivity index is 1.83. The van der Waals surface area contributed by atoms with Gasteiger partial charge in [-0.15, -0.1) is 0 Å². The second-order valence-electron chi connectivity index (χ2n) is 5.60. The molecule has 0 unspecified atom stereocenters. The molecule has 0 aliphatic carbocycles. The quantitative estimate of drug-likeness (QED) is 0.639. The first-order valence-electron chi connectivity index (χ1n) is 8.19. The van der Waals surface area contributed by atoms with Gasteiger partial charge in [0.05, 0.1) is 13.7 Å². The van der Waals surface area contributed by atoms with Crippen molar-refractivity contribution in [3.8, 4) is 5.75 Å². The molecule has 130 valence electrons. The summed E-state index contributed by atoms with van der Waals surface area (Å²) in [6, 6.07) is 15.0. The molecule has 3 aromatic rings. The SMILES string of the molecule is COc1ccc(CN(C(=O)/C=C/c2cccnc2)c2ccncc2)cc1. The first kappa shape index (κ1) is 17.4. The summed E-state index contributed by atoms with van der Waals surface area (Å²) in [6.45, 7) is 0.449. The molecular formula is C21H19N3O2. The van der Waals surface area contributed by atoms with Crippen LogP contribution in [0.3, 0.4) is 0 Å². The van der Waals surface area contributed by atoms with Crippen molar-refractivity contribution in [1.82, 2.24) is 9.97 Å². The molecule has 5 heteroatoms. The number of benzene rings is 1. The molecule has 0 saturated carbocycles. The predicted molar refractivity (Wildman–Crippen MR) is 102 cm³/mol. The molecule has 0 aliphatic rings. The van der Waals surface area contributed by atoms with Crippen molar-refractivity contribution in [2.24, 2.45) is 0 Å². The van der Waals surface area contributed by atoms with Crippen LogP contribution in [0.5, 0.6) is 5.75 Å². The number of nitrogens with zero attached hydrogens (tertiary/aromatic N) is 3. The summed E-state index contributed by atoms with van der Waals surface area (Å²) in [5.41, 5.74) is 2.67. The molecule has 1 amide bonds. The van der Waals surface area contributed by atoms with Crippen LogP contribution in [0.25, 0.3) is 6.08 Å². The third-order valence-corrected chi connectivity index (χ3v) is 3.84. The maximum absolute atomic E-state index is 12.8. The van der Waals surface area contributed by atoms with Crippen LogP contribution in [0.15, 0.2) is 79.4 Å². The van der Waals surface area contributed by atoms with Crippen LogP contribution in [0.1, 0.15) is 11.1 Å². The molecule has 0 spiro atoms. The fraction of sp³-hybridized carbons (Fsp3) is 0.0952. The molecule has 0 aliphatic heterocycles. The Morgan fingerprint density at radius 2 is 1.81 bits per heavy atom. The average molecular weight is 345 g/mol. The van der Waals surface area contributed by atoms with Gasteiger partial charge in [0.1, 0.15) is 5.75 Å². The van der Waals surface area contributed by atoms with E-state index in [1.807, 2.05) is 48.5 Å². The van der Waals surface area contributed by atoms with Gasteiger partial charge in [0.15, 0.2) is 0 Å². The van der Waals surface area contributed by atoms with Gasteiger partial charge in [-0.05, 0) is 47.5 Å². The summed E-state index contributed by atoms with van der Waals surface area (Å²) in [5, 5.41) is 0. The van der Waals surface area contributed by atoms with Crippen molar-refractivity contribution in [3.05, 3.63) is 90.5 Å². The maximum Gasteiger partial charge on any atom is 0.251 e. The first-order valence-corrected chi connectivity index (χ1v) is 8.19. The second-order valence-corrected chi connectivity index (χ2v) is 5.60. The van der Waals surface area contributed by atoms with Crippen LogP contribution in [0, 0.1) is 0 Å². The lowest BCUT2D eigenvalue weighted by Gasteiger charge is -2.21. The fourth-order valence-corrected chi connectivity index (χ4v) is 2.47. The lowest BCUT2D eigenvalue weighted by Crippen LogP contribution is -2.28. The summed E-state index contributed by atoms with van der Waals surface area (Å²) in [5.74, 6) is 0.669. The van der Waals surface area contributed by atoms with Crippen molar-refractivity contribution < 1.29 is 9.53 Å². The highest BCUT2D eigenvalue weighted by atomic mass is 16.5. The van der Waals surface area contributed by atoms with Crippen molar-refractivity contribution in [3.63, 3.8) is 0 Å². The minimum atomic E-state index is -0.115. The number of carbonyl (C=O) groups excluding carboxylic acids is 1. The van der Waals surface area contributed by atoms with Gasteiger partial charge in [0.25, 0.3) is 5.91 Å². The molecule has 0 radical (unpaired) electrons.